The molecule has 2 rings (SSSR count). The highest BCUT2D eigenvalue weighted by molar-refractivity contribution is 9.24. The molecule has 0 radical (unpaired) electrons. The number of ether oxygens (including phenoxy) is 1. The molecule has 0 spiro atoms. The van der Waals surface area contributed by atoms with Crippen LogP contribution < -0.4 is 4.74 Å². The lowest BCUT2D eigenvalue weighted by Crippen LogP contribution is -2.07. The zero-order valence-corrected chi connectivity index (χ0v) is 12.5. The van der Waals surface area contributed by atoms with E-state index in [9.17, 15) is 4.79 Å². The quantitative estimate of drug-likeness (QED) is 0.445. The average Bonchev–Trinajstić information content (AvgIpc) is 2.40. The second-order valence-corrected chi connectivity index (χ2v) is 6.69. The van der Waals surface area contributed by atoms with Gasteiger partial charge in [0.25, 0.3) is 0 Å². The number of alkyl halides is 2. The van der Waals surface area contributed by atoms with Gasteiger partial charge in [0.05, 0.1) is 9.30 Å². The number of carbonyl (C=O) groups excluding carboxylic acids is 1. The molecule has 0 unspecified atom stereocenters. The van der Waals surface area contributed by atoms with Crippen molar-refractivity contribution in [2.45, 2.75) is 3.74 Å². The van der Waals surface area contributed by atoms with Crippen molar-refractivity contribution in [2.24, 2.45) is 0 Å². The average molecular weight is 370 g/mol. The fourth-order valence-corrected chi connectivity index (χ4v) is 2.03. The second-order valence-electron chi connectivity index (χ2n) is 3.63. The first kappa shape index (κ1) is 13.3. The summed E-state index contributed by atoms with van der Waals surface area (Å²) in [6.45, 7) is 0. The highest BCUT2D eigenvalue weighted by Gasteiger charge is 2.08. The van der Waals surface area contributed by atoms with E-state index in [1.807, 2.05) is 18.2 Å². The summed E-state index contributed by atoms with van der Waals surface area (Å²) in [6, 6.07) is 16.2. The third-order valence-electron chi connectivity index (χ3n) is 2.35. The molecule has 0 amide bonds. The van der Waals surface area contributed by atoms with Gasteiger partial charge in [-0.15, -0.1) is 0 Å². The highest BCUT2D eigenvalue weighted by Crippen LogP contribution is 2.30. The Morgan fingerprint density at radius 2 is 1.56 bits per heavy atom. The molecule has 0 N–H and O–H groups in total. The fourth-order valence-electron chi connectivity index (χ4n) is 1.42. The smallest absolute Gasteiger partial charge is 0.343 e. The zero-order chi connectivity index (χ0) is 13.0. The number of rotatable bonds is 3. The van der Waals surface area contributed by atoms with Crippen LogP contribution in [0.4, 0.5) is 0 Å². The second kappa shape index (κ2) is 6.16. The van der Waals surface area contributed by atoms with Crippen LogP contribution in [0.3, 0.4) is 0 Å². The fraction of sp³-hybridized carbons (Fsp3) is 0.0714. The van der Waals surface area contributed by atoms with Gasteiger partial charge in [0, 0.05) is 0 Å². The Morgan fingerprint density at radius 1 is 0.944 bits per heavy atom. The van der Waals surface area contributed by atoms with E-state index in [4.69, 9.17) is 4.74 Å². The molecule has 0 saturated heterocycles. The van der Waals surface area contributed by atoms with Crippen LogP contribution in [0.15, 0.2) is 54.6 Å². The summed E-state index contributed by atoms with van der Waals surface area (Å²) in [6.07, 6.45) is 0. The number of halogens is 2. The van der Waals surface area contributed by atoms with Crippen LogP contribution >= 0.6 is 31.9 Å². The van der Waals surface area contributed by atoms with Gasteiger partial charge in [-0.3, -0.25) is 0 Å². The summed E-state index contributed by atoms with van der Waals surface area (Å²) in [7, 11) is 0. The monoisotopic (exact) mass is 368 g/mol. The van der Waals surface area contributed by atoms with Crippen molar-refractivity contribution in [1.82, 2.24) is 0 Å². The predicted octanol–water partition coefficient (Wildman–Crippen LogP) is 4.69. The van der Waals surface area contributed by atoms with Gasteiger partial charge >= 0.3 is 5.97 Å². The van der Waals surface area contributed by atoms with E-state index < -0.39 is 0 Å². The first-order valence-corrected chi connectivity index (χ1v) is 7.15. The van der Waals surface area contributed by atoms with Crippen molar-refractivity contribution in [3.63, 3.8) is 0 Å². The summed E-state index contributed by atoms with van der Waals surface area (Å²) in [5.74, 6) is 0.186. The molecule has 0 aromatic heterocycles. The summed E-state index contributed by atoms with van der Waals surface area (Å²) < 4.78 is 5.37. The maximum Gasteiger partial charge on any atom is 0.343 e. The first-order valence-electron chi connectivity index (χ1n) is 5.32. The van der Waals surface area contributed by atoms with Crippen molar-refractivity contribution >= 4 is 37.8 Å². The summed E-state index contributed by atoms with van der Waals surface area (Å²) in [5, 5.41) is 0. The van der Waals surface area contributed by atoms with E-state index in [-0.39, 0.29) is 9.71 Å². The molecule has 0 saturated carbocycles. The summed E-state index contributed by atoms with van der Waals surface area (Å²) in [5.41, 5.74) is 1.61. The first-order chi connectivity index (χ1) is 8.66. The molecule has 0 atom stereocenters. The Hall–Kier alpha value is -1.13. The van der Waals surface area contributed by atoms with Crippen molar-refractivity contribution < 1.29 is 9.53 Å². The molecule has 0 aliphatic carbocycles. The zero-order valence-electron chi connectivity index (χ0n) is 9.35. The maximum absolute atomic E-state index is 11.8. The number of benzene rings is 2. The van der Waals surface area contributed by atoms with Crippen LogP contribution in [-0.4, -0.2) is 5.97 Å². The molecule has 0 fully saturated rings. The molecule has 0 bridgehead atoms. The van der Waals surface area contributed by atoms with Gasteiger partial charge in [-0.25, -0.2) is 4.79 Å². The molecule has 2 aromatic carbocycles. The predicted molar refractivity (Wildman–Crippen MR) is 78.4 cm³/mol. The minimum absolute atomic E-state index is 0.101. The van der Waals surface area contributed by atoms with Crippen LogP contribution in [0, 0.1) is 0 Å². The molecule has 18 heavy (non-hydrogen) atoms. The molecular formula is C14H10Br2O2. The summed E-state index contributed by atoms with van der Waals surface area (Å²) in [4.78, 5) is 11.8. The van der Waals surface area contributed by atoms with Gasteiger partial charge in [-0.2, -0.15) is 0 Å². The minimum atomic E-state index is -0.349. The third kappa shape index (κ3) is 3.43. The Bertz CT molecular complexity index is 521. The topological polar surface area (TPSA) is 26.3 Å². The van der Waals surface area contributed by atoms with Gasteiger partial charge in [0.1, 0.15) is 5.75 Å². The maximum atomic E-state index is 11.8. The van der Waals surface area contributed by atoms with Gasteiger partial charge in [-0.05, 0) is 29.8 Å². The Kier molecular flexibility index (Phi) is 4.55. The van der Waals surface area contributed by atoms with Crippen molar-refractivity contribution in [3.8, 4) is 5.75 Å². The molecular weight excluding hydrogens is 360 g/mol. The minimum Gasteiger partial charge on any atom is -0.423 e. The molecule has 92 valence electrons. The Balaban J connectivity index is 2.08. The van der Waals surface area contributed by atoms with Gasteiger partial charge in [-0.1, -0.05) is 62.2 Å². The van der Waals surface area contributed by atoms with E-state index in [0.29, 0.717) is 11.3 Å². The van der Waals surface area contributed by atoms with Crippen LogP contribution in [0.25, 0.3) is 0 Å². The lowest BCUT2D eigenvalue weighted by Gasteiger charge is -2.06. The van der Waals surface area contributed by atoms with Crippen LogP contribution in [0.5, 0.6) is 5.75 Å². The Morgan fingerprint density at radius 3 is 2.11 bits per heavy atom. The molecule has 4 heteroatoms. The van der Waals surface area contributed by atoms with E-state index in [2.05, 4.69) is 31.9 Å². The number of hydrogen-bond acceptors (Lipinski definition) is 2. The highest BCUT2D eigenvalue weighted by atomic mass is 79.9. The largest absolute Gasteiger partial charge is 0.423 e. The molecule has 0 heterocycles. The lowest BCUT2D eigenvalue weighted by molar-refractivity contribution is 0.0735. The molecule has 0 aliphatic heterocycles. The normalized spacial score (nSPS) is 10.4. The standard InChI is InChI=1S/C14H10Br2O2/c15-13(16)10-6-8-12(9-7-10)18-14(17)11-4-2-1-3-5-11/h1-9,13H. The van der Waals surface area contributed by atoms with E-state index >= 15 is 0 Å². The molecule has 0 aliphatic rings. The molecule has 2 nitrogen and oxygen atoms in total. The SMILES string of the molecule is O=C(Oc1ccc(C(Br)Br)cc1)c1ccccc1. The van der Waals surface area contributed by atoms with E-state index in [1.54, 1.807) is 36.4 Å². The van der Waals surface area contributed by atoms with Gasteiger partial charge in [0.2, 0.25) is 0 Å². The third-order valence-corrected chi connectivity index (χ3v) is 3.41. The van der Waals surface area contributed by atoms with Gasteiger partial charge < -0.3 is 4.74 Å². The number of carbonyl (C=O) groups is 1. The van der Waals surface area contributed by atoms with Crippen LogP contribution in [-0.2, 0) is 0 Å². The van der Waals surface area contributed by atoms with E-state index in [1.165, 1.54) is 0 Å². The van der Waals surface area contributed by atoms with Crippen molar-refractivity contribution in [2.75, 3.05) is 0 Å². The summed E-state index contributed by atoms with van der Waals surface area (Å²) >= 11 is 6.81. The lowest BCUT2D eigenvalue weighted by atomic mass is 10.2. The number of esters is 1. The van der Waals surface area contributed by atoms with E-state index in [0.717, 1.165) is 5.56 Å². The number of hydrogen-bond donors (Lipinski definition) is 0. The van der Waals surface area contributed by atoms with Crippen LogP contribution in [0.1, 0.15) is 19.7 Å². The molecule has 2 aromatic rings. The van der Waals surface area contributed by atoms with Crippen LogP contribution in [0.2, 0.25) is 0 Å². The van der Waals surface area contributed by atoms with Crippen molar-refractivity contribution in [1.29, 1.82) is 0 Å². The van der Waals surface area contributed by atoms with Gasteiger partial charge in [0.15, 0.2) is 0 Å². The van der Waals surface area contributed by atoms with Crippen molar-refractivity contribution in [3.05, 3.63) is 65.7 Å². The Labute approximate surface area is 122 Å².